The number of hydrogen-bond donors (Lipinski definition) is 4. The summed E-state index contributed by atoms with van der Waals surface area (Å²) in [5.74, 6) is 0. The lowest BCUT2D eigenvalue weighted by atomic mass is 10.0. The molecule has 4 N–H and O–H groups in total. The molecule has 1 aliphatic rings. The fourth-order valence-electron chi connectivity index (χ4n) is 1.85. The Hall–Kier alpha value is -0.160. The third-order valence-electron chi connectivity index (χ3n) is 2.84. The number of rotatable bonds is 3. The maximum absolute atomic E-state index is 9.55. The molecule has 4 heteroatoms. The first-order valence-corrected chi connectivity index (χ1v) is 5.42. The van der Waals surface area contributed by atoms with Crippen molar-refractivity contribution in [1.29, 1.82) is 0 Å². The van der Waals surface area contributed by atoms with E-state index in [-0.39, 0.29) is 6.04 Å². The third kappa shape index (κ3) is 3.20. The highest BCUT2D eigenvalue weighted by molar-refractivity contribution is 4.86. The molecule has 0 amide bonds. The van der Waals surface area contributed by atoms with Crippen LogP contribution in [0.25, 0.3) is 0 Å². The average Bonchev–Trinajstić information content (AvgIpc) is 2.29. The van der Waals surface area contributed by atoms with Crippen molar-refractivity contribution in [2.75, 3.05) is 6.54 Å². The van der Waals surface area contributed by atoms with E-state index in [1.54, 1.807) is 0 Å². The van der Waals surface area contributed by atoms with E-state index in [0.717, 1.165) is 19.3 Å². The van der Waals surface area contributed by atoms with Crippen LogP contribution in [0.2, 0.25) is 0 Å². The van der Waals surface area contributed by atoms with Crippen LogP contribution in [0.15, 0.2) is 0 Å². The van der Waals surface area contributed by atoms with Crippen LogP contribution in [0.5, 0.6) is 0 Å². The lowest BCUT2D eigenvalue weighted by Gasteiger charge is -2.19. The molecular weight excluding hydrogens is 182 g/mol. The van der Waals surface area contributed by atoms with Crippen LogP contribution in [0.1, 0.15) is 32.6 Å². The van der Waals surface area contributed by atoms with Gasteiger partial charge in [0, 0.05) is 12.6 Å². The van der Waals surface area contributed by atoms with Crippen LogP contribution >= 0.6 is 0 Å². The first kappa shape index (κ1) is 11.9. The zero-order chi connectivity index (χ0) is 10.6. The van der Waals surface area contributed by atoms with Crippen molar-refractivity contribution >= 4 is 0 Å². The maximum Gasteiger partial charge on any atom is 0.107 e. The summed E-state index contributed by atoms with van der Waals surface area (Å²) in [6.07, 6.45) is 1.09. The Morgan fingerprint density at radius 2 is 1.93 bits per heavy atom. The van der Waals surface area contributed by atoms with Gasteiger partial charge in [0.05, 0.1) is 12.2 Å². The van der Waals surface area contributed by atoms with Gasteiger partial charge in [0.2, 0.25) is 0 Å². The molecule has 0 radical (unpaired) electrons. The molecular formula is C10H21NO3. The average molecular weight is 203 g/mol. The van der Waals surface area contributed by atoms with Crippen molar-refractivity contribution in [3.05, 3.63) is 0 Å². The molecule has 0 aliphatic carbocycles. The number of nitrogens with one attached hydrogen (secondary N) is 1. The summed E-state index contributed by atoms with van der Waals surface area (Å²) in [7, 11) is 0. The predicted molar refractivity (Wildman–Crippen MR) is 54.0 cm³/mol. The Morgan fingerprint density at radius 3 is 2.57 bits per heavy atom. The van der Waals surface area contributed by atoms with Crippen molar-refractivity contribution in [2.45, 2.75) is 57.0 Å². The number of aliphatic hydroxyl groups excluding tert-OH is 3. The van der Waals surface area contributed by atoms with E-state index < -0.39 is 18.3 Å². The highest BCUT2D eigenvalue weighted by Gasteiger charge is 2.30. The first-order chi connectivity index (χ1) is 6.65. The molecule has 0 bridgehead atoms. The molecule has 14 heavy (non-hydrogen) atoms. The van der Waals surface area contributed by atoms with E-state index in [1.807, 2.05) is 0 Å². The second-order valence-corrected chi connectivity index (χ2v) is 4.11. The van der Waals surface area contributed by atoms with Crippen molar-refractivity contribution in [3.8, 4) is 0 Å². The molecule has 4 unspecified atom stereocenters. The van der Waals surface area contributed by atoms with Crippen LogP contribution in [-0.4, -0.2) is 46.2 Å². The summed E-state index contributed by atoms with van der Waals surface area (Å²) in [5.41, 5.74) is 0. The van der Waals surface area contributed by atoms with E-state index in [1.165, 1.54) is 0 Å². The highest BCUT2D eigenvalue weighted by atomic mass is 16.4. The predicted octanol–water partition coefficient (Wildman–Crippen LogP) is -0.379. The molecule has 0 aromatic carbocycles. The molecule has 1 saturated heterocycles. The standard InChI is InChI=1S/C10H21NO3/c1-2-3-4-7-5-8(12)10(14)9(13)6-11-7/h7-14H,2-6H2,1H3. The van der Waals surface area contributed by atoms with Gasteiger partial charge < -0.3 is 20.6 Å². The summed E-state index contributed by atoms with van der Waals surface area (Å²) in [6, 6.07) is 0.219. The second kappa shape index (κ2) is 5.66. The summed E-state index contributed by atoms with van der Waals surface area (Å²) in [6.45, 7) is 2.49. The van der Waals surface area contributed by atoms with E-state index in [9.17, 15) is 15.3 Å². The molecule has 0 aromatic heterocycles. The van der Waals surface area contributed by atoms with Crippen LogP contribution in [0.3, 0.4) is 0 Å². The van der Waals surface area contributed by atoms with E-state index in [4.69, 9.17) is 0 Å². The molecule has 1 rings (SSSR count). The Balaban J connectivity index is 2.41. The van der Waals surface area contributed by atoms with Gasteiger partial charge in [-0.2, -0.15) is 0 Å². The van der Waals surface area contributed by atoms with Crippen LogP contribution in [0.4, 0.5) is 0 Å². The molecule has 4 nitrogen and oxygen atoms in total. The van der Waals surface area contributed by atoms with Gasteiger partial charge in [-0.05, 0) is 12.8 Å². The van der Waals surface area contributed by atoms with Gasteiger partial charge in [-0.3, -0.25) is 0 Å². The molecule has 1 heterocycles. The molecule has 0 saturated carbocycles. The number of unbranched alkanes of at least 4 members (excludes halogenated alkanes) is 1. The van der Waals surface area contributed by atoms with Gasteiger partial charge in [0.15, 0.2) is 0 Å². The fourth-order valence-corrected chi connectivity index (χ4v) is 1.85. The minimum atomic E-state index is -1.01. The summed E-state index contributed by atoms with van der Waals surface area (Å²) in [4.78, 5) is 0. The smallest absolute Gasteiger partial charge is 0.107 e. The van der Waals surface area contributed by atoms with Crippen LogP contribution in [0, 0.1) is 0 Å². The molecule has 84 valence electrons. The monoisotopic (exact) mass is 203 g/mol. The zero-order valence-electron chi connectivity index (χ0n) is 8.69. The molecule has 0 aromatic rings. The highest BCUT2D eigenvalue weighted by Crippen LogP contribution is 2.15. The number of aliphatic hydroxyl groups is 3. The summed E-state index contributed by atoms with van der Waals surface area (Å²) >= 11 is 0. The van der Waals surface area contributed by atoms with Crippen molar-refractivity contribution in [3.63, 3.8) is 0 Å². The minimum absolute atomic E-state index is 0.219. The second-order valence-electron chi connectivity index (χ2n) is 4.11. The van der Waals surface area contributed by atoms with Crippen molar-refractivity contribution < 1.29 is 15.3 Å². The van der Waals surface area contributed by atoms with Gasteiger partial charge >= 0.3 is 0 Å². The van der Waals surface area contributed by atoms with Crippen molar-refractivity contribution in [2.24, 2.45) is 0 Å². The quantitative estimate of drug-likeness (QED) is 0.504. The Labute approximate surface area is 85.0 Å². The summed E-state index contributed by atoms with van der Waals surface area (Å²) in [5, 5.41) is 31.5. The molecule has 1 fully saturated rings. The van der Waals surface area contributed by atoms with Gasteiger partial charge in [-0.1, -0.05) is 19.8 Å². The van der Waals surface area contributed by atoms with Gasteiger partial charge in [-0.25, -0.2) is 0 Å². The lowest BCUT2D eigenvalue weighted by Crippen LogP contribution is -2.39. The van der Waals surface area contributed by atoms with Crippen LogP contribution < -0.4 is 5.32 Å². The zero-order valence-corrected chi connectivity index (χ0v) is 8.69. The Morgan fingerprint density at radius 1 is 1.21 bits per heavy atom. The molecule has 1 aliphatic heterocycles. The fraction of sp³-hybridized carbons (Fsp3) is 1.00. The van der Waals surface area contributed by atoms with E-state index in [0.29, 0.717) is 13.0 Å². The SMILES string of the molecule is CCCCC1CC(O)C(O)C(O)CN1. The van der Waals surface area contributed by atoms with Crippen molar-refractivity contribution in [1.82, 2.24) is 5.32 Å². The third-order valence-corrected chi connectivity index (χ3v) is 2.84. The maximum atomic E-state index is 9.55. The van der Waals surface area contributed by atoms with Crippen LogP contribution in [-0.2, 0) is 0 Å². The first-order valence-electron chi connectivity index (χ1n) is 5.42. The Bertz CT molecular complexity index is 165. The number of β-amino-alcohol motifs (C(OH)–C–C–N with tert-alkyl or cyclic N) is 1. The molecule has 4 atom stereocenters. The molecule has 0 spiro atoms. The van der Waals surface area contributed by atoms with E-state index >= 15 is 0 Å². The Kier molecular flexibility index (Phi) is 4.81. The minimum Gasteiger partial charge on any atom is -0.390 e. The lowest BCUT2D eigenvalue weighted by molar-refractivity contribution is -0.0513. The summed E-state index contributed by atoms with van der Waals surface area (Å²) < 4.78 is 0. The topological polar surface area (TPSA) is 72.7 Å². The largest absolute Gasteiger partial charge is 0.390 e. The van der Waals surface area contributed by atoms with Gasteiger partial charge in [-0.15, -0.1) is 0 Å². The van der Waals surface area contributed by atoms with Gasteiger partial charge in [0.1, 0.15) is 6.10 Å². The van der Waals surface area contributed by atoms with Gasteiger partial charge in [0.25, 0.3) is 0 Å². The van der Waals surface area contributed by atoms with E-state index in [2.05, 4.69) is 12.2 Å². The normalized spacial score (nSPS) is 39.4. The number of hydrogen-bond acceptors (Lipinski definition) is 4.